The third-order valence-corrected chi connectivity index (χ3v) is 6.24. The molecular weight excluding hydrogens is 364 g/mol. The molecule has 1 N–H and O–H groups in total. The van der Waals surface area contributed by atoms with Crippen LogP contribution in [0.5, 0.6) is 0 Å². The quantitative estimate of drug-likeness (QED) is 0.792. The van der Waals surface area contributed by atoms with Crippen molar-refractivity contribution >= 4 is 5.91 Å². The molecule has 0 saturated carbocycles. The number of aliphatic hydroxyl groups excluding tert-OH is 1. The Morgan fingerprint density at radius 1 is 1.21 bits per heavy atom. The summed E-state index contributed by atoms with van der Waals surface area (Å²) in [7, 11) is 0. The predicted octanol–water partition coefficient (Wildman–Crippen LogP) is 2.46. The van der Waals surface area contributed by atoms with E-state index < -0.39 is 0 Å². The van der Waals surface area contributed by atoms with E-state index in [9.17, 15) is 9.90 Å². The molecule has 1 unspecified atom stereocenters. The lowest BCUT2D eigenvalue weighted by Crippen LogP contribution is -2.39. The van der Waals surface area contributed by atoms with Crippen molar-refractivity contribution in [3.8, 4) is 0 Å². The molecular formula is C23H28N4O2. The van der Waals surface area contributed by atoms with Crippen LogP contribution in [0.4, 0.5) is 0 Å². The second-order valence-electron chi connectivity index (χ2n) is 7.82. The molecule has 0 aliphatic carbocycles. The second kappa shape index (κ2) is 8.84. The summed E-state index contributed by atoms with van der Waals surface area (Å²) in [5, 5.41) is 10.0. The van der Waals surface area contributed by atoms with Gasteiger partial charge in [-0.05, 0) is 36.5 Å². The zero-order valence-electron chi connectivity index (χ0n) is 16.7. The fraction of sp³-hybridized carbons (Fsp3) is 0.435. The van der Waals surface area contributed by atoms with Crippen LogP contribution in [0.3, 0.4) is 0 Å². The monoisotopic (exact) mass is 392 g/mol. The minimum absolute atomic E-state index is 0.0137. The molecule has 0 bridgehead atoms. The van der Waals surface area contributed by atoms with Crippen molar-refractivity contribution in [2.24, 2.45) is 0 Å². The maximum atomic E-state index is 11.8. The Kier molecular flexibility index (Phi) is 6.02. The van der Waals surface area contributed by atoms with Crippen LogP contribution < -0.4 is 0 Å². The van der Waals surface area contributed by atoms with Crippen molar-refractivity contribution in [2.75, 3.05) is 26.2 Å². The number of likely N-dealkylation sites (tertiary alicyclic amines) is 1. The molecule has 4 rings (SSSR count). The molecule has 2 aromatic rings. The number of piperidine rings is 1. The lowest BCUT2D eigenvalue weighted by molar-refractivity contribution is -0.127. The lowest BCUT2D eigenvalue weighted by atomic mass is 9.87. The molecule has 6 nitrogen and oxygen atoms in total. The summed E-state index contributed by atoms with van der Waals surface area (Å²) < 4.78 is 0. The van der Waals surface area contributed by atoms with Gasteiger partial charge >= 0.3 is 0 Å². The van der Waals surface area contributed by atoms with Gasteiger partial charge in [0.25, 0.3) is 0 Å². The van der Waals surface area contributed by atoms with Gasteiger partial charge in [0, 0.05) is 32.1 Å². The predicted molar refractivity (Wildman–Crippen MR) is 111 cm³/mol. The number of nitrogens with zero attached hydrogens (tertiary/aromatic N) is 4. The molecule has 0 radical (unpaired) electrons. The van der Waals surface area contributed by atoms with Crippen LogP contribution in [0.2, 0.25) is 0 Å². The van der Waals surface area contributed by atoms with Crippen LogP contribution in [-0.2, 0) is 17.8 Å². The molecule has 1 atom stereocenters. The topological polar surface area (TPSA) is 69.6 Å². The molecule has 2 aliphatic rings. The maximum Gasteiger partial charge on any atom is 0.245 e. The molecule has 1 aromatic heterocycles. The third kappa shape index (κ3) is 4.09. The minimum Gasteiger partial charge on any atom is -0.394 e. The van der Waals surface area contributed by atoms with Gasteiger partial charge in [0.1, 0.15) is 6.33 Å². The number of hydrogen-bond acceptors (Lipinski definition) is 5. The summed E-state index contributed by atoms with van der Waals surface area (Å²) in [4.78, 5) is 25.2. The van der Waals surface area contributed by atoms with Gasteiger partial charge in [0.2, 0.25) is 5.91 Å². The molecule has 3 heterocycles. The molecule has 29 heavy (non-hydrogen) atoms. The van der Waals surface area contributed by atoms with Crippen molar-refractivity contribution in [3.05, 3.63) is 71.8 Å². The fourth-order valence-electron chi connectivity index (χ4n) is 4.63. The highest BCUT2D eigenvalue weighted by atomic mass is 16.3. The molecule has 152 valence electrons. The van der Waals surface area contributed by atoms with Crippen LogP contribution in [0.25, 0.3) is 0 Å². The van der Waals surface area contributed by atoms with E-state index >= 15 is 0 Å². The SMILES string of the molecule is C=CC(=O)N1CCC(c2ncnc3c2CCN(C(CO)c2ccccc2)C3)CC1. The molecule has 1 saturated heterocycles. The van der Waals surface area contributed by atoms with Gasteiger partial charge in [-0.2, -0.15) is 0 Å². The highest BCUT2D eigenvalue weighted by Crippen LogP contribution is 2.33. The Bertz CT molecular complexity index is 862. The molecule has 1 fully saturated rings. The number of carbonyl (C=O) groups is 1. The number of benzene rings is 1. The Balaban J connectivity index is 1.50. The normalized spacial score (nSPS) is 18.9. The number of hydrogen-bond donors (Lipinski definition) is 1. The Morgan fingerprint density at radius 3 is 2.66 bits per heavy atom. The van der Waals surface area contributed by atoms with Crippen molar-refractivity contribution in [1.29, 1.82) is 0 Å². The molecule has 0 spiro atoms. The summed E-state index contributed by atoms with van der Waals surface area (Å²) in [5.41, 5.74) is 4.62. The largest absolute Gasteiger partial charge is 0.394 e. The summed E-state index contributed by atoms with van der Waals surface area (Å²) in [6.07, 6.45) is 5.81. The standard InChI is InChI=1S/C23H28N4O2/c1-2-22(29)26-11-8-18(9-12-26)23-19-10-13-27(14-20(19)24-16-25-23)21(15-28)17-6-4-3-5-7-17/h2-7,16,18,21,28H,1,8-15H2. The summed E-state index contributed by atoms with van der Waals surface area (Å²) >= 11 is 0. The maximum absolute atomic E-state index is 11.8. The van der Waals surface area contributed by atoms with Gasteiger partial charge in [0.15, 0.2) is 0 Å². The van der Waals surface area contributed by atoms with Crippen LogP contribution >= 0.6 is 0 Å². The van der Waals surface area contributed by atoms with E-state index in [1.807, 2.05) is 23.1 Å². The summed E-state index contributed by atoms with van der Waals surface area (Å²) in [6.45, 7) is 6.78. The highest BCUT2D eigenvalue weighted by Gasteiger charge is 2.30. The lowest BCUT2D eigenvalue weighted by Gasteiger charge is -2.36. The van der Waals surface area contributed by atoms with Gasteiger partial charge in [-0.3, -0.25) is 9.69 Å². The number of aliphatic hydroxyl groups is 1. The average Bonchev–Trinajstić information content (AvgIpc) is 2.79. The van der Waals surface area contributed by atoms with E-state index in [-0.39, 0.29) is 18.6 Å². The van der Waals surface area contributed by atoms with Gasteiger partial charge in [-0.25, -0.2) is 9.97 Å². The fourth-order valence-corrected chi connectivity index (χ4v) is 4.63. The molecule has 1 amide bonds. The van der Waals surface area contributed by atoms with Gasteiger partial charge in [-0.15, -0.1) is 0 Å². The van der Waals surface area contributed by atoms with Gasteiger partial charge < -0.3 is 10.0 Å². The van der Waals surface area contributed by atoms with Crippen LogP contribution in [0, 0.1) is 0 Å². The molecule has 6 heteroatoms. The number of amides is 1. The summed E-state index contributed by atoms with van der Waals surface area (Å²) in [6, 6.07) is 10.1. The number of fused-ring (bicyclic) bond motifs is 1. The van der Waals surface area contributed by atoms with Crippen LogP contribution in [0.15, 0.2) is 49.3 Å². The van der Waals surface area contributed by atoms with Gasteiger partial charge in [-0.1, -0.05) is 36.9 Å². The first-order chi connectivity index (χ1) is 14.2. The number of rotatable bonds is 5. The first-order valence-corrected chi connectivity index (χ1v) is 10.3. The zero-order valence-corrected chi connectivity index (χ0v) is 16.7. The van der Waals surface area contributed by atoms with E-state index in [4.69, 9.17) is 0 Å². The van der Waals surface area contributed by atoms with E-state index in [1.165, 1.54) is 11.6 Å². The minimum atomic E-state index is -0.0177. The Hall–Kier alpha value is -2.57. The van der Waals surface area contributed by atoms with E-state index in [2.05, 4.69) is 33.6 Å². The molecule has 1 aromatic carbocycles. The van der Waals surface area contributed by atoms with Gasteiger partial charge in [0.05, 0.1) is 24.0 Å². The Labute approximate surface area is 171 Å². The van der Waals surface area contributed by atoms with E-state index in [1.54, 1.807) is 6.33 Å². The second-order valence-corrected chi connectivity index (χ2v) is 7.82. The van der Waals surface area contributed by atoms with E-state index in [0.717, 1.165) is 62.4 Å². The third-order valence-electron chi connectivity index (χ3n) is 6.24. The summed E-state index contributed by atoms with van der Waals surface area (Å²) in [5.74, 6) is 0.384. The Morgan fingerprint density at radius 2 is 1.97 bits per heavy atom. The van der Waals surface area contributed by atoms with Crippen LogP contribution in [-0.4, -0.2) is 57.0 Å². The smallest absolute Gasteiger partial charge is 0.245 e. The highest BCUT2D eigenvalue weighted by molar-refractivity contribution is 5.87. The van der Waals surface area contributed by atoms with E-state index in [0.29, 0.717) is 5.92 Å². The number of aromatic nitrogens is 2. The van der Waals surface area contributed by atoms with Crippen molar-refractivity contribution in [3.63, 3.8) is 0 Å². The van der Waals surface area contributed by atoms with Crippen LogP contribution in [0.1, 0.15) is 47.3 Å². The van der Waals surface area contributed by atoms with Crippen molar-refractivity contribution in [1.82, 2.24) is 19.8 Å². The first-order valence-electron chi connectivity index (χ1n) is 10.3. The zero-order chi connectivity index (χ0) is 20.2. The van der Waals surface area contributed by atoms with Crippen molar-refractivity contribution < 1.29 is 9.90 Å². The average molecular weight is 393 g/mol. The van der Waals surface area contributed by atoms with Crippen molar-refractivity contribution in [2.45, 2.75) is 37.8 Å². The first kappa shape index (κ1) is 19.7. The molecule has 2 aliphatic heterocycles. The number of carbonyl (C=O) groups excluding carboxylic acids is 1.